The molecule has 0 fully saturated rings. The van der Waals surface area contributed by atoms with Gasteiger partial charge in [0.15, 0.2) is 0 Å². The molecule has 11 aromatic carbocycles. The summed E-state index contributed by atoms with van der Waals surface area (Å²) in [6.07, 6.45) is 0. The molecule has 0 saturated heterocycles. The van der Waals surface area contributed by atoms with Crippen LogP contribution in [0.3, 0.4) is 0 Å². The fourth-order valence-electron chi connectivity index (χ4n) is 9.41. The van der Waals surface area contributed by atoms with E-state index < -0.39 is 0 Å². The molecule has 0 aliphatic carbocycles. The molecule has 2 nitrogen and oxygen atoms in total. The molecule has 0 atom stereocenters. The summed E-state index contributed by atoms with van der Waals surface area (Å²) >= 11 is 0. The number of para-hydroxylation sites is 2. The van der Waals surface area contributed by atoms with Gasteiger partial charge in [0.2, 0.25) is 0 Å². The Balaban J connectivity index is 1.13. The summed E-state index contributed by atoms with van der Waals surface area (Å²) in [5.41, 5.74) is 16.3. The van der Waals surface area contributed by atoms with E-state index in [1.54, 1.807) is 0 Å². The maximum atomic E-state index is 2.41. The van der Waals surface area contributed by atoms with Gasteiger partial charge in [0.05, 0.1) is 11.4 Å². The SMILES string of the molecule is c1ccc(N2c3ccc(cc3)-c3cccc(c3)-c3cccc(c3)-c3cccc(c3)-c3ccc(cc3)N(c3ccccc3)c3ccc4ccc5ccc2c2ccc3c4c52)cc1. The summed E-state index contributed by atoms with van der Waals surface area (Å²) in [5.74, 6) is 0. The van der Waals surface area contributed by atoms with E-state index in [0.717, 1.165) is 34.1 Å². The number of hydrogen-bond donors (Lipinski definition) is 0. The monoisotopic (exact) mass is 762 g/mol. The Hall–Kier alpha value is -7.94. The average Bonchev–Trinajstić information content (AvgIpc) is 3.33. The van der Waals surface area contributed by atoms with E-state index in [9.17, 15) is 0 Å². The third-order valence-corrected chi connectivity index (χ3v) is 12.3. The molecule has 0 unspecified atom stereocenters. The zero-order valence-electron chi connectivity index (χ0n) is 32.8. The van der Waals surface area contributed by atoms with Crippen molar-refractivity contribution >= 4 is 66.4 Å². The molecule has 11 aromatic rings. The molecule has 0 N–H and O–H groups in total. The highest BCUT2D eigenvalue weighted by Gasteiger charge is 2.22. The number of rotatable bonds is 2. The van der Waals surface area contributed by atoms with Crippen LogP contribution in [0.15, 0.2) is 231 Å². The lowest BCUT2D eigenvalue weighted by atomic mass is 9.91. The van der Waals surface area contributed by atoms with Crippen LogP contribution in [-0.4, -0.2) is 0 Å². The molecule has 0 radical (unpaired) electrons. The van der Waals surface area contributed by atoms with E-state index in [2.05, 4.69) is 240 Å². The van der Waals surface area contributed by atoms with Crippen molar-refractivity contribution in [2.45, 2.75) is 0 Å². The maximum Gasteiger partial charge on any atom is 0.0540 e. The second-order valence-electron chi connectivity index (χ2n) is 15.8. The van der Waals surface area contributed by atoms with E-state index in [-0.39, 0.29) is 0 Å². The Morgan fingerprint density at radius 2 is 0.533 bits per heavy atom. The third kappa shape index (κ3) is 5.65. The van der Waals surface area contributed by atoms with Crippen molar-refractivity contribution in [3.05, 3.63) is 231 Å². The molecule has 60 heavy (non-hydrogen) atoms. The molecule has 2 heteroatoms. The normalized spacial score (nSPS) is 12.3. The van der Waals surface area contributed by atoms with Crippen molar-refractivity contribution in [2.24, 2.45) is 0 Å². The first kappa shape index (κ1) is 34.1. The largest absolute Gasteiger partial charge is 0.310 e. The number of hydrogen-bond acceptors (Lipinski definition) is 2. The molecule has 0 aromatic heterocycles. The summed E-state index contributed by atoms with van der Waals surface area (Å²) < 4.78 is 0. The Kier molecular flexibility index (Phi) is 7.89. The molecule has 280 valence electrons. The summed E-state index contributed by atoms with van der Waals surface area (Å²) in [7, 11) is 0. The van der Waals surface area contributed by atoms with Gasteiger partial charge in [-0.15, -0.1) is 0 Å². The van der Waals surface area contributed by atoms with Gasteiger partial charge in [0.25, 0.3) is 0 Å². The number of benzene rings is 11. The summed E-state index contributed by atoms with van der Waals surface area (Å²) in [6.45, 7) is 0. The van der Waals surface area contributed by atoms with Crippen molar-refractivity contribution in [3.63, 3.8) is 0 Å². The van der Waals surface area contributed by atoms with Crippen molar-refractivity contribution in [1.29, 1.82) is 0 Å². The first-order valence-electron chi connectivity index (χ1n) is 20.7. The second-order valence-corrected chi connectivity index (χ2v) is 15.8. The highest BCUT2D eigenvalue weighted by molar-refractivity contribution is 6.28. The number of anilines is 6. The molecule has 0 amide bonds. The fourth-order valence-corrected chi connectivity index (χ4v) is 9.41. The smallest absolute Gasteiger partial charge is 0.0540 e. The van der Waals surface area contributed by atoms with Gasteiger partial charge in [-0.1, -0.05) is 152 Å². The molecule has 16 rings (SSSR count). The highest BCUT2D eigenvalue weighted by atomic mass is 15.1. The van der Waals surface area contributed by atoms with Crippen LogP contribution in [0.25, 0.3) is 76.8 Å². The lowest BCUT2D eigenvalue weighted by Gasteiger charge is -2.29. The lowest BCUT2D eigenvalue weighted by molar-refractivity contribution is 1.30. The first-order valence-corrected chi connectivity index (χ1v) is 20.7. The van der Waals surface area contributed by atoms with Crippen molar-refractivity contribution in [1.82, 2.24) is 0 Å². The molecular formula is C58H38N2. The van der Waals surface area contributed by atoms with E-state index in [4.69, 9.17) is 0 Å². The van der Waals surface area contributed by atoms with Gasteiger partial charge in [-0.05, 0) is 145 Å². The van der Waals surface area contributed by atoms with Crippen LogP contribution in [0.1, 0.15) is 0 Å². The van der Waals surface area contributed by atoms with Crippen molar-refractivity contribution in [3.8, 4) is 44.5 Å². The minimum atomic E-state index is 1.11. The van der Waals surface area contributed by atoms with Gasteiger partial charge in [-0.2, -0.15) is 0 Å². The van der Waals surface area contributed by atoms with E-state index in [1.165, 1.54) is 76.8 Å². The average molecular weight is 763 g/mol. The van der Waals surface area contributed by atoms with Gasteiger partial charge in [-0.25, -0.2) is 0 Å². The Morgan fingerprint density at radius 1 is 0.217 bits per heavy atom. The summed E-state index contributed by atoms with van der Waals surface area (Å²) in [6, 6.07) is 84.8. The Bertz CT molecular complexity index is 3130. The second kappa shape index (κ2) is 13.9. The summed E-state index contributed by atoms with van der Waals surface area (Å²) in [4.78, 5) is 4.82. The van der Waals surface area contributed by atoms with Crippen LogP contribution < -0.4 is 9.80 Å². The predicted octanol–water partition coefficient (Wildman–Crippen LogP) is 16.5. The van der Waals surface area contributed by atoms with Crippen LogP contribution >= 0.6 is 0 Å². The predicted molar refractivity (Wildman–Crippen MR) is 255 cm³/mol. The van der Waals surface area contributed by atoms with Crippen molar-refractivity contribution in [2.75, 3.05) is 9.80 Å². The third-order valence-electron chi connectivity index (χ3n) is 12.3. The van der Waals surface area contributed by atoms with Gasteiger partial charge < -0.3 is 9.80 Å². The van der Waals surface area contributed by atoms with Gasteiger partial charge >= 0.3 is 0 Å². The highest BCUT2D eigenvalue weighted by Crippen LogP contribution is 2.48. The number of nitrogens with zero attached hydrogens (tertiary/aromatic N) is 2. The topological polar surface area (TPSA) is 6.48 Å². The molecule has 5 aliphatic heterocycles. The molecular weight excluding hydrogens is 725 g/mol. The van der Waals surface area contributed by atoms with Gasteiger partial charge in [0.1, 0.15) is 0 Å². The Labute approximate surface area is 349 Å². The minimum absolute atomic E-state index is 1.11. The zero-order valence-corrected chi connectivity index (χ0v) is 32.8. The minimum Gasteiger partial charge on any atom is -0.310 e. The summed E-state index contributed by atoms with van der Waals surface area (Å²) in [5, 5.41) is 7.44. The van der Waals surface area contributed by atoms with Crippen molar-refractivity contribution < 1.29 is 0 Å². The molecule has 16 bridgehead atoms. The van der Waals surface area contributed by atoms with Crippen LogP contribution in [-0.2, 0) is 0 Å². The van der Waals surface area contributed by atoms with Crippen LogP contribution in [0.2, 0.25) is 0 Å². The standard InChI is InChI=1S/C58H38N2/c1-3-16-49(17-4-1)59-51-28-22-39(23-29-51)43-10-7-12-45(36-43)47-14-9-15-48(38-47)46-13-8-11-44(37-46)40-24-30-52(31-25-40)60(50-18-5-2-6-19-50)56-35-27-42-21-20-41-26-34-55(59)53-32-33-54(56)58(42)57(41)53/h1-38H. The molecule has 0 spiro atoms. The van der Waals surface area contributed by atoms with E-state index >= 15 is 0 Å². The van der Waals surface area contributed by atoms with Crippen LogP contribution in [0.5, 0.6) is 0 Å². The fraction of sp³-hybridized carbons (Fsp3) is 0. The first-order chi connectivity index (χ1) is 29.7. The maximum absolute atomic E-state index is 2.41. The van der Waals surface area contributed by atoms with Crippen LogP contribution in [0, 0.1) is 0 Å². The van der Waals surface area contributed by atoms with Crippen LogP contribution in [0.4, 0.5) is 34.1 Å². The lowest BCUT2D eigenvalue weighted by Crippen LogP contribution is -2.11. The van der Waals surface area contributed by atoms with Gasteiger partial charge in [-0.3, -0.25) is 0 Å². The molecule has 5 aliphatic rings. The zero-order chi connectivity index (χ0) is 39.6. The van der Waals surface area contributed by atoms with Gasteiger partial charge in [0, 0.05) is 33.5 Å². The van der Waals surface area contributed by atoms with E-state index in [0.29, 0.717) is 0 Å². The molecule has 0 saturated carbocycles. The van der Waals surface area contributed by atoms with E-state index in [1.807, 2.05) is 0 Å². The molecule has 5 heterocycles. The Morgan fingerprint density at radius 3 is 0.900 bits per heavy atom. The quantitative estimate of drug-likeness (QED) is 0.162.